The first kappa shape index (κ1) is 18.9. The normalized spacial score (nSPS) is 11.0. The zero-order valence-electron chi connectivity index (χ0n) is 14.3. The summed E-state index contributed by atoms with van der Waals surface area (Å²) in [5.74, 6) is -0.736. The van der Waals surface area contributed by atoms with Gasteiger partial charge in [-0.1, -0.05) is 6.92 Å². The van der Waals surface area contributed by atoms with Crippen molar-refractivity contribution in [3.63, 3.8) is 0 Å². The van der Waals surface area contributed by atoms with E-state index in [9.17, 15) is 9.59 Å². The maximum atomic E-state index is 12.5. The number of hydrogen-bond acceptors (Lipinski definition) is 5. The molecule has 0 saturated carbocycles. The minimum Gasteiger partial charge on any atom is -0.459 e. The Bertz CT molecular complexity index is 780. The molecule has 0 bridgehead atoms. The first-order valence-corrected chi connectivity index (χ1v) is 9.47. The minimum atomic E-state index is -0.405. The van der Waals surface area contributed by atoms with Crippen LogP contribution >= 0.6 is 33.9 Å². The van der Waals surface area contributed by atoms with Gasteiger partial charge in [0.05, 0.1) is 15.2 Å². The topological polar surface area (TPSA) is 73.2 Å². The third kappa shape index (κ3) is 3.97. The van der Waals surface area contributed by atoms with Crippen molar-refractivity contribution in [3.05, 3.63) is 31.5 Å². The average Bonchev–Trinajstić information content (AvgIpc) is 2.96. The molecule has 0 aliphatic heterocycles. The van der Waals surface area contributed by atoms with Gasteiger partial charge in [-0.3, -0.25) is 9.48 Å². The molecular formula is C16H20IN3O3S. The Morgan fingerprint density at radius 1 is 1.46 bits per heavy atom. The van der Waals surface area contributed by atoms with Crippen LogP contribution in [0.1, 0.15) is 52.1 Å². The van der Waals surface area contributed by atoms with Crippen molar-refractivity contribution in [2.24, 2.45) is 7.05 Å². The number of nitrogens with one attached hydrogen (secondary N) is 1. The van der Waals surface area contributed by atoms with Gasteiger partial charge in [0.25, 0.3) is 5.91 Å². The van der Waals surface area contributed by atoms with Gasteiger partial charge in [-0.25, -0.2) is 4.79 Å². The molecule has 8 heteroatoms. The number of anilines is 1. The lowest BCUT2D eigenvalue weighted by molar-refractivity contribution is 0.0378. The number of rotatable bonds is 5. The smallest absolute Gasteiger partial charge is 0.341 e. The van der Waals surface area contributed by atoms with Crippen molar-refractivity contribution in [1.29, 1.82) is 0 Å². The molecule has 2 heterocycles. The summed E-state index contributed by atoms with van der Waals surface area (Å²) in [4.78, 5) is 26.0. The predicted molar refractivity (Wildman–Crippen MR) is 103 cm³/mol. The molecule has 2 aromatic rings. The number of amides is 1. The maximum Gasteiger partial charge on any atom is 0.341 e. The SMILES string of the molecule is CCc1c(C)sc(NC(=O)c2nn(C)cc2I)c1C(=O)OC(C)C. The molecule has 0 saturated heterocycles. The van der Waals surface area contributed by atoms with Gasteiger partial charge in [-0.2, -0.15) is 5.10 Å². The molecule has 0 radical (unpaired) electrons. The van der Waals surface area contributed by atoms with Gasteiger partial charge in [0.1, 0.15) is 5.00 Å². The van der Waals surface area contributed by atoms with E-state index in [1.807, 2.05) is 13.8 Å². The number of aromatic nitrogens is 2. The fourth-order valence-electron chi connectivity index (χ4n) is 2.36. The van der Waals surface area contributed by atoms with Gasteiger partial charge >= 0.3 is 5.97 Å². The molecule has 6 nitrogen and oxygen atoms in total. The monoisotopic (exact) mass is 461 g/mol. The van der Waals surface area contributed by atoms with Gasteiger partial charge in [0.2, 0.25) is 0 Å². The second kappa shape index (κ2) is 7.64. The minimum absolute atomic E-state index is 0.220. The fourth-order valence-corrected chi connectivity index (χ4v) is 4.24. The van der Waals surface area contributed by atoms with Crippen LogP contribution < -0.4 is 5.32 Å². The Kier molecular flexibility index (Phi) is 6.02. The molecule has 130 valence electrons. The lowest BCUT2D eigenvalue weighted by Crippen LogP contribution is -2.18. The number of halogens is 1. The number of esters is 1. The Labute approximate surface area is 158 Å². The van der Waals surface area contributed by atoms with Crippen LogP contribution in [0.4, 0.5) is 5.00 Å². The quantitative estimate of drug-likeness (QED) is 0.544. The molecule has 0 aromatic carbocycles. The number of aryl methyl sites for hydroxylation is 2. The highest BCUT2D eigenvalue weighted by Crippen LogP contribution is 2.34. The average molecular weight is 461 g/mol. The van der Waals surface area contributed by atoms with Crippen LogP contribution in [0.5, 0.6) is 0 Å². The standard InChI is InChI=1S/C16H20IN3O3S/c1-6-10-9(4)24-15(12(10)16(22)23-8(2)3)18-14(21)13-11(17)7-20(5)19-13/h7-8H,6H2,1-5H3,(H,18,21). The largest absolute Gasteiger partial charge is 0.459 e. The van der Waals surface area contributed by atoms with E-state index in [1.54, 1.807) is 31.8 Å². The van der Waals surface area contributed by atoms with Gasteiger partial charge in [-0.15, -0.1) is 11.3 Å². The number of hydrogen-bond donors (Lipinski definition) is 1. The van der Waals surface area contributed by atoms with Crippen LogP contribution in [0.25, 0.3) is 0 Å². The summed E-state index contributed by atoms with van der Waals surface area (Å²) in [7, 11) is 1.76. The molecule has 2 aromatic heterocycles. The van der Waals surface area contributed by atoms with E-state index >= 15 is 0 Å². The third-order valence-corrected chi connectivity index (χ3v) is 5.19. The lowest BCUT2D eigenvalue weighted by Gasteiger charge is -2.11. The zero-order valence-corrected chi connectivity index (χ0v) is 17.2. The first-order chi connectivity index (χ1) is 11.2. The predicted octanol–water partition coefficient (Wildman–Crippen LogP) is 3.77. The Hall–Kier alpha value is -1.42. The highest BCUT2D eigenvalue weighted by molar-refractivity contribution is 14.1. The molecule has 0 aliphatic carbocycles. The summed E-state index contributed by atoms with van der Waals surface area (Å²) in [5, 5.41) is 7.51. The molecule has 0 unspecified atom stereocenters. The second-order valence-corrected chi connectivity index (χ2v) is 7.99. The number of carbonyl (C=O) groups is 2. The van der Waals surface area contributed by atoms with E-state index in [4.69, 9.17) is 4.74 Å². The van der Waals surface area contributed by atoms with Crippen molar-refractivity contribution in [1.82, 2.24) is 9.78 Å². The fraction of sp³-hybridized carbons (Fsp3) is 0.438. The number of thiophene rings is 1. The Balaban J connectivity index is 2.38. The summed E-state index contributed by atoms with van der Waals surface area (Å²) in [6, 6.07) is 0. The molecule has 0 atom stereocenters. The van der Waals surface area contributed by atoms with E-state index in [-0.39, 0.29) is 12.0 Å². The van der Waals surface area contributed by atoms with Gasteiger partial charge in [0, 0.05) is 18.1 Å². The molecule has 0 aliphatic rings. The summed E-state index contributed by atoms with van der Waals surface area (Å²) in [6.45, 7) is 7.53. The molecular weight excluding hydrogens is 441 g/mol. The molecule has 0 fully saturated rings. The summed E-state index contributed by atoms with van der Waals surface area (Å²) < 4.78 is 7.68. The van der Waals surface area contributed by atoms with Crippen LogP contribution in [0.2, 0.25) is 0 Å². The first-order valence-electron chi connectivity index (χ1n) is 7.58. The van der Waals surface area contributed by atoms with Gasteiger partial charge in [-0.05, 0) is 55.3 Å². The second-order valence-electron chi connectivity index (χ2n) is 5.60. The number of nitrogens with zero attached hydrogens (tertiary/aromatic N) is 2. The Morgan fingerprint density at radius 3 is 2.62 bits per heavy atom. The summed E-state index contributed by atoms with van der Waals surface area (Å²) >= 11 is 3.45. The lowest BCUT2D eigenvalue weighted by atomic mass is 10.1. The highest BCUT2D eigenvalue weighted by Gasteiger charge is 2.25. The summed E-state index contributed by atoms with van der Waals surface area (Å²) in [5.41, 5.74) is 1.70. The highest BCUT2D eigenvalue weighted by atomic mass is 127. The van der Waals surface area contributed by atoms with Crippen molar-refractivity contribution in [2.75, 3.05) is 5.32 Å². The van der Waals surface area contributed by atoms with Crippen LogP contribution in [0.15, 0.2) is 6.20 Å². The summed E-state index contributed by atoms with van der Waals surface area (Å²) in [6.07, 6.45) is 2.24. The van der Waals surface area contributed by atoms with Crippen LogP contribution in [0, 0.1) is 10.5 Å². The molecule has 24 heavy (non-hydrogen) atoms. The van der Waals surface area contributed by atoms with Crippen LogP contribution in [-0.4, -0.2) is 27.8 Å². The van der Waals surface area contributed by atoms with Crippen LogP contribution in [0.3, 0.4) is 0 Å². The van der Waals surface area contributed by atoms with Gasteiger partial charge < -0.3 is 10.1 Å². The molecule has 0 spiro atoms. The van der Waals surface area contributed by atoms with Crippen LogP contribution in [-0.2, 0) is 18.2 Å². The molecule has 1 amide bonds. The molecule has 2 rings (SSSR count). The number of ether oxygens (including phenoxy) is 1. The van der Waals surface area contributed by atoms with Crippen molar-refractivity contribution < 1.29 is 14.3 Å². The van der Waals surface area contributed by atoms with E-state index in [1.165, 1.54) is 11.3 Å². The van der Waals surface area contributed by atoms with E-state index in [0.29, 0.717) is 22.7 Å². The van der Waals surface area contributed by atoms with Crippen molar-refractivity contribution >= 4 is 50.8 Å². The van der Waals surface area contributed by atoms with Crippen molar-refractivity contribution in [3.8, 4) is 0 Å². The zero-order chi connectivity index (χ0) is 18.0. The Morgan fingerprint density at radius 2 is 2.12 bits per heavy atom. The van der Waals surface area contributed by atoms with Gasteiger partial charge in [0.15, 0.2) is 5.69 Å². The molecule has 1 N–H and O–H groups in total. The van der Waals surface area contributed by atoms with Crippen molar-refractivity contribution in [2.45, 2.75) is 40.2 Å². The third-order valence-electron chi connectivity index (χ3n) is 3.34. The number of carbonyl (C=O) groups excluding carboxylic acids is 2. The van der Waals surface area contributed by atoms with E-state index in [2.05, 4.69) is 33.0 Å². The maximum absolute atomic E-state index is 12.5. The van der Waals surface area contributed by atoms with E-state index in [0.717, 1.165) is 14.0 Å². The van der Waals surface area contributed by atoms with E-state index < -0.39 is 5.97 Å².